The fraction of sp³-hybridized carbons (Fsp3) is 0.400. The highest BCUT2D eigenvalue weighted by Gasteiger charge is 2.07. The summed E-state index contributed by atoms with van der Waals surface area (Å²) in [6.07, 6.45) is 0. The van der Waals surface area contributed by atoms with Crippen LogP contribution in [0.4, 0.5) is 5.95 Å². The van der Waals surface area contributed by atoms with E-state index in [4.69, 9.17) is 9.47 Å². The second kappa shape index (κ2) is 6.88. The van der Waals surface area contributed by atoms with Crippen LogP contribution in [0.5, 0.6) is 12.0 Å². The minimum absolute atomic E-state index is 0.222. The van der Waals surface area contributed by atoms with Gasteiger partial charge in [0, 0.05) is 6.54 Å². The normalized spacial score (nSPS) is 10.5. The highest BCUT2D eigenvalue weighted by molar-refractivity contribution is 5.31. The molecule has 6 nitrogen and oxygen atoms in total. The van der Waals surface area contributed by atoms with Crippen LogP contribution >= 0.6 is 0 Å². The van der Waals surface area contributed by atoms with Crippen molar-refractivity contribution in [2.24, 2.45) is 0 Å². The van der Waals surface area contributed by atoms with Gasteiger partial charge in [-0.1, -0.05) is 38.1 Å². The minimum Gasteiger partial charge on any atom is -0.467 e. The van der Waals surface area contributed by atoms with E-state index in [1.807, 2.05) is 0 Å². The van der Waals surface area contributed by atoms with Crippen LogP contribution < -0.4 is 14.8 Å². The van der Waals surface area contributed by atoms with Gasteiger partial charge in [-0.15, -0.1) is 4.98 Å². The summed E-state index contributed by atoms with van der Waals surface area (Å²) in [4.78, 5) is 12.2. The number of rotatable bonds is 6. The van der Waals surface area contributed by atoms with Crippen molar-refractivity contribution < 1.29 is 9.47 Å². The molecule has 0 aliphatic rings. The molecule has 6 heteroatoms. The number of nitrogens with one attached hydrogen (secondary N) is 1. The van der Waals surface area contributed by atoms with Crippen molar-refractivity contribution >= 4 is 5.95 Å². The van der Waals surface area contributed by atoms with E-state index < -0.39 is 0 Å². The van der Waals surface area contributed by atoms with Gasteiger partial charge in [0.05, 0.1) is 14.2 Å². The maximum atomic E-state index is 5.01. The Bertz CT molecular complexity index is 562. The Morgan fingerprint density at radius 1 is 0.952 bits per heavy atom. The van der Waals surface area contributed by atoms with Gasteiger partial charge >= 0.3 is 12.0 Å². The van der Waals surface area contributed by atoms with E-state index in [0.717, 1.165) is 5.56 Å². The molecular weight excluding hydrogens is 268 g/mol. The number of methoxy groups -OCH3 is 2. The average Bonchev–Trinajstić information content (AvgIpc) is 2.52. The number of anilines is 1. The predicted molar refractivity (Wildman–Crippen MR) is 80.8 cm³/mol. The van der Waals surface area contributed by atoms with Crippen LogP contribution in [0, 0.1) is 0 Å². The van der Waals surface area contributed by atoms with E-state index in [2.05, 4.69) is 58.4 Å². The third-order valence-electron chi connectivity index (χ3n) is 3.06. The van der Waals surface area contributed by atoms with Crippen LogP contribution in [-0.4, -0.2) is 29.2 Å². The first kappa shape index (κ1) is 15.0. The van der Waals surface area contributed by atoms with Crippen molar-refractivity contribution in [3.63, 3.8) is 0 Å². The van der Waals surface area contributed by atoms with Crippen molar-refractivity contribution in [1.82, 2.24) is 15.0 Å². The quantitative estimate of drug-likeness (QED) is 0.881. The minimum atomic E-state index is 0.222. The van der Waals surface area contributed by atoms with Crippen LogP contribution in [0.2, 0.25) is 0 Å². The van der Waals surface area contributed by atoms with Gasteiger partial charge in [-0.2, -0.15) is 9.97 Å². The summed E-state index contributed by atoms with van der Waals surface area (Å²) in [7, 11) is 3.01. The monoisotopic (exact) mass is 288 g/mol. The zero-order chi connectivity index (χ0) is 15.2. The maximum absolute atomic E-state index is 5.01. The molecule has 0 unspecified atom stereocenters. The molecule has 0 saturated heterocycles. The second-order valence-electron chi connectivity index (χ2n) is 4.88. The molecule has 0 fully saturated rings. The van der Waals surface area contributed by atoms with Gasteiger partial charge < -0.3 is 14.8 Å². The second-order valence-corrected chi connectivity index (χ2v) is 4.88. The van der Waals surface area contributed by atoms with Gasteiger partial charge in [-0.05, 0) is 17.0 Å². The summed E-state index contributed by atoms with van der Waals surface area (Å²) in [5.74, 6) is 0.954. The van der Waals surface area contributed by atoms with Gasteiger partial charge in [-0.25, -0.2) is 0 Å². The zero-order valence-corrected chi connectivity index (χ0v) is 12.8. The third kappa shape index (κ3) is 4.05. The van der Waals surface area contributed by atoms with Crippen LogP contribution in [0.3, 0.4) is 0 Å². The number of ether oxygens (including phenoxy) is 2. The van der Waals surface area contributed by atoms with E-state index >= 15 is 0 Å². The summed E-state index contributed by atoms with van der Waals surface area (Å²) >= 11 is 0. The predicted octanol–water partition coefficient (Wildman–Crippen LogP) is 2.62. The molecule has 1 N–H and O–H groups in total. The van der Waals surface area contributed by atoms with Gasteiger partial charge in [0.2, 0.25) is 5.95 Å². The lowest BCUT2D eigenvalue weighted by Gasteiger charge is -2.09. The smallest absolute Gasteiger partial charge is 0.324 e. The Balaban J connectivity index is 2.05. The molecule has 2 aromatic rings. The lowest BCUT2D eigenvalue weighted by molar-refractivity contribution is 0.341. The number of hydrogen-bond donors (Lipinski definition) is 1. The van der Waals surface area contributed by atoms with Crippen LogP contribution in [0.15, 0.2) is 24.3 Å². The lowest BCUT2D eigenvalue weighted by atomic mass is 10.0. The van der Waals surface area contributed by atoms with Crippen molar-refractivity contribution in [3.05, 3.63) is 35.4 Å². The Labute approximate surface area is 124 Å². The van der Waals surface area contributed by atoms with Crippen molar-refractivity contribution in [3.8, 4) is 12.0 Å². The molecule has 0 radical (unpaired) electrons. The van der Waals surface area contributed by atoms with Gasteiger partial charge in [0.1, 0.15) is 0 Å². The number of benzene rings is 1. The Kier molecular flexibility index (Phi) is 4.92. The topological polar surface area (TPSA) is 69.2 Å². The van der Waals surface area contributed by atoms with Crippen molar-refractivity contribution in [2.75, 3.05) is 19.5 Å². The fourth-order valence-electron chi connectivity index (χ4n) is 1.80. The lowest BCUT2D eigenvalue weighted by Crippen LogP contribution is -2.07. The van der Waals surface area contributed by atoms with Gasteiger partial charge in [0.25, 0.3) is 0 Å². The van der Waals surface area contributed by atoms with Gasteiger partial charge in [-0.3, -0.25) is 0 Å². The largest absolute Gasteiger partial charge is 0.467 e. The van der Waals surface area contributed by atoms with Crippen LogP contribution in [0.1, 0.15) is 30.9 Å². The molecular formula is C15H20N4O2. The summed E-state index contributed by atoms with van der Waals surface area (Å²) in [5.41, 5.74) is 2.47. The third-order valence-corrected chi connectivity index (χ3v) is 3.06. The van der Waals surface area contributed by atoms with Crippen molar-refractivity contribution in [1.29, 1.82) is 0 Å². The molecule has 0 saturated carbocycles. The van der Waals surface area contributed by atoms with E-state index in [-0.39, 0.29) is 12.0 Å². The molecule has 2 rings (SSSR count). The molecule has 0 spiro atoms. The first-order valence-electron chi connectivity index (χ1n) is 6.79. The maximum Gasteiger partial charge on any atom is 0.324 e. The molecule has 1 aromatic heterocycles. The standard InChI is InChI=1S/C15H20N4O2/c1-10(2)12-7-5-11(6-8-12)9-16-13-17-14(20-3)19-15(18-13)21-4/h5-8,10H,9H2,1-4H3,(H,16,17,18,19). The highest BCUT2D eigenvalue weighted by atomic mass is 16.5. The summed E-state index contributed by atoms with van der Waals surface area (Å²) in [6.45, 7) is 4.97. The van der Waals surface area contributed by atoms with Crippen molar-refractivity contribution in [2.45, 2.75) is 26.3 Å². The molecule has 0 bridgehead atoms. The molecule has 1 aromatic carbocycles. The van der Waals surface area contributed by atoms with E-state index in [1.54, 1.807) is 0 Å². The van der Waals surface area contributed by atoms with E-state index in [1.165, 1.54) is 19.8 Å². The highest BCUT2D eigenvalue weighted by Crippen LogP contribution is 2.16. The average molecular weight is 288 g/mol. The number of aromatic nitrogens is 3. The SMILES string of the molecule is COc1nc(NCc2ccc(C(C)C)cc2)nc(OC)n1. The number of nitrogens with zero attached hydrogens (tertiary/aromatic N) is 3. The molecule has 1 heterocycles. The molecule has 0 aliphatic heterocycles. The van der Waals surface area contributed by atoms with Crippen LogP contribution in [-0.2, 0) is 6.54 Å². The summed E-state index contributed by atoms with van der Waals surface area (Å²) < 4.78 is 10.0. The molecule has 0 atom stereocenters. The fourth-order valence-corrected chi connectivity index (χ4v) is 1.80. The zero-order valence-electron chi connectivity index (χ0n) is 12.8. The first-order chi connectivity index (χ1) is 10.1. The Morgan fingerprint density at radius 3 is 2.00 bits per heavy atom. The summed E-state index contributed by atoms with van der Waals surface area (Å²) in [6, 6.07) is 8.90. The van der Waals surface area contributed by atoms with Crippen LogP contribution in [0.25, 0.3) is 0 Å². The molecule has 0 amide bonds. The van der Waals surface area contributed by atoms with E-state index in [0.29, 0.717) is 18.4 Å². The number of hydrogen-bond acceptors (Lipinski definition) is 6. The Morgan fingerprint density at radius 2 is 1.52 bits per heavy atom. The van der Waals surface area contributed by atoms with E-state index in [9.17, 15) is 0 Å². The van der Waals surface area contributed by atoms with Gasteiger partial charge in [0.15, 0.2) is 0 Å². The molecule has 21 heavy (non-hydrogen) atoms. The molecule has 112 valence electrons. The summed E-state index contributed by atoms with van der Waals surface area (Å²) in [5, 5.41) is 3.14. The first-order valence-corrected chi connectivity index (χ1v) is 6.79. The molecule has 0 aliphatic carbocycles. The Hall–Kier alpha value is -2.37.